The van der Waals surface area contributed by atoms with E-state index in [9.17, 15) is 9.90 Å². The molecule has 4 rings (SSSR count). The van der Waals surface area contributed by atoms with E-state index in [-0.39, 0.29) is 17.1 Å². The van der Waals surface area contributed by atoms with Gasteiger partial charge in [-0.2, -0.15) is 0 Å². The monoisotopic (exact) mass is 480 g/mol. The van der Waals surface area contributed by atoms with E-state index >= 15 is 0 Å². The molecule has 0 spiro atoms. The molecule has 0 saturated heterocycles. The zero-order chi connectivity index (χ0) is 18.3. The van der Waals surface area contributed by atoms with Crippen LogP contribution in [0.3, 0.4) is 0 Å². The van der Waals surface area contributed by atoms with Gasteiger partial charge in [0.1, 0.15) is 5.69 Å². The molecule has 0 amide bonds. The predicted molar refractivity (Wildman–Crippen MR) is 106 cm³/mol. The summed E-state index contributed by atoms with van der Waals surface area (Å²) in [7, 11) is 0. The van der Waals surface area contributed by atoms with Gasteiger partial charge in [0.25, 0.3) is 0 Å². The molecule has 3 aromatic rings. The molecule has 1 unspecified atom stereocenters. The van der Waals surface area contributed by atoms with E-state index < -0.39 is 11.6 Å². The summed E-state index contributed by atoms with van der Waals surface area (Å²) in [6.45, 7) is 0. The Hall–Kier alpha value is -1.77. The molecule has 0 radical (unpaired) electrons. The molecular formula is C19H14ClIN2O3. The first kappa shape index (κ1) is 17.6. The lowest BCUT2D eigenvalue weighted by atomic mass is 9.87. The molecule has 1 aliphatic carbocycles. The van der Waals surface area contributed by atoms with Crippen LogP contribution in [0, 0.1) is 3.57 Å². The highest BCUT2D eigenvalue weighted by Gasteiger charge is 2.50. The maximum Gasteiger partial charge on any atom is 0.347 e. The highest BCUT2D eigenvalue weighted by atomic mass is 127. The molecule has 1 atom stereocenters. The van der Waals surface area contributed by atoms with Crippen LogP contribution >= 0.6 is 34.2 Å². The summed E-state index contributed by atoms with van der Waals surface area (Å²) in [5.41, 5.74) is -0.384. The van der Waals surface area contributed by atoms with Crippen LogP contribution in [0.4, 0.5) is 0 Å². The number of nitrogens with zero attached hydrogens (tertiary/aromatic N) is 2. The number of benzene rings is 2. The summed E-state index contributed by atoms with van der Waals surface area (Å²) < 4.78 is 7.08. The third kappa shape index (κ3) is 3.06. The van der Waals surface area contributed by atoms with Crippen molar-refractivity contribution < 1.29 is 14.6 Å². The van der Waals surface area contributed by atoms with Gasteiger partial charge in [0.05, 0.1) is 11.6 Å². The quantitative estimate of drug-likeness (QED) is 0.433. The maximum atomic E-state index is 12.6. The largest absolute Gasteiger partial charge is 0.479 e. The number of rotatable bonds is 5. The lowest BCUT2D eigenvalue weighted by molar-refractivity contribution is -0.163. The van der Waals surface area contributed by atoms with Crippen molar-refractivity contribution in [1.29, 1.82) is 0 Å². The molecule has 0 bridgehead atoms. The maximum absolute atomic E-state index is 12.6. The number of aliphatic carboxylic acids is 1. The number of carbonyl (C=O) groups is 1. The minimum atomic E-state index is -1.74. The van der Waals surface area contributed by atoms with E-state index in [1.165, 1.54) is 0 Å². The molecule has 5 nitrogen and oxygen atoms in total. The summed E-state index contributed by atoms with van der Waals surface area (Å²) >= 11 is 8.32. The van der Waals surface area contributed by atoms with Gasteiger partial charge in [0, 0.05) is 14.5 Å². The molecule has 7 heteroatoms. The Bertz CT molecular complexity index is 995. The zero-order valence-electron chi connectivity index (χ0n) is 13.5. The van der Waals surface area contributed by atoms with Gasteiger partial charge in [-0.3, -0.25) is 0 Å². The lowest BCUT2D eigenvalue weighted by Gasteiger charge is -2.30. The number of aromatic nitrogens is 2. The van der Waals surface area contributed by atoms with Gasteiger partial charge < -0.3 is 9.84 Å². The first-order valence-electron chi connectivity index (χ1n) is 8.11. The molecule has 1 N–H and O–H groups in total. The number of hydrogen-bond acceptors (Lipinski definition) is 4. The fraction of sp³-hybridized carbons (Fsp3) is 0.211. The Balaban J connectivity index is 2.08. The SMILES string of the molecule is O=C(O)C(OC1CC1)(c1ccccc1)c1nc(Cl)nc2ccc(I)cc12. The fourth-order valence-corrected chi connectivity index (χ4v) is 3.65. The smallest absolute Gasteiger partial charge is 0.347 e. The molecule has 1 saturated carbocycles. The molecule has 26 heavy (non-hydrogen) atoms. The van der Waals surface area contributed by atoms with E-state index in [4.69, 9.17) is 16.3 Å². The Labute approximate surface area is 168 Å². The van der Waals surface area contributed by atoms with Crippen molar-refractivity contribution >= 4 is 51.1 Å². The molecule has 2 aromatic carbocycles. The van der Waals surface area contributed by atoms with E-state index in [1.807, 2.05) is 24.3 Å². The van der Waals surface area contributed by atoms with Crippen molar-refractivity contribution in [3.8, 4) is 0 Å². The van der Waals surface area contributed by atoms with Crippen molar-refractivity contribution in [3.05, 3.63) is 68.6 Å². The normalized spacial score (nSPS) is 16.4. The molecule has 132 valence electrons. The summed E-state index contributed by atoms with van der Waals surface area (Å²) in [4.78, 5) is 21.2. The van der Waals surface area contributed by atoms with Crippen LogP contribution in [-0.4, -0.2) is 27.1 Å². The van der Waals surface area contributed by atoms with Gasteiger partial charge in [0.15, 0.2) is 0 Å². The van der Waals surface area contributed by atoms with Gasteiger partial charge >= 0.3 is 5.97 Å². The van der Waals surface area contributed by atoms with Crippen LogP contribution in [-0.2, 0) is 15.1 Å². The number of carboxylic acids is 1. The number of carboxylic acid groups (broad SMARTS) is 1. The van der Waals surface area contributed by atoms with E-state index in [2.05, 4.69) is 32.6 Å². The minimum Gasteiger partial charge on any atom is -0.479 e. The van der Waals surface area contributed by atoms with Crippen molar-refractivity contribution in [1.82, 2.24) is 9.97 Å². The molecular weight excluding hydrogens is 467 g/mol. The number of hydrogen-bond donors (Lipinski definition) is 1. The molecule has 0 aliphatic heterocycles. The third-order valence-electron chi connectivity index (χ3n) is 4.31. The average molecular weight is 481 g/mol. The average Bonchev–Trinajstić information content (AvgIpc) is 3.44. The van der Waals surface area contributed by atoms with E-state index in [0.717, 1.165) is 16.4 Å². The Morgan fingerprint density at radius 2 is 1.92 bits per heavy atom. The lowest BCUT2D eigenvalue weighted by Crippen LogP contribution is -2.42. The molecule has 1 aliphatic rings. The van der Waals surface area contributed by atoms with E-state index in [0.29, 0.717) is 16.5 Å². The van der Waals surface area contributed by atoms with Crippen LogP contribution in [0.2, 0.25) is 5.28 Å². The zero-order valence-corrected chi connectivity index (χ0v) is 16.4. The Morgan fingerprint density at radius 1 is 1.19 bits per heavy atom. The van der Waals surface area contributed by atoms with Gasteiger partial charge in [-0.25, -0.2) is 14.8 Å². The first-order chi connectivity index (χ1) is 12.5. The second kappa shape index (κ2) is 6.75. The standard InChI is InChI=1S/C19H14ClIN2O3/c20-18-22-15-9-6-12(21)10-14(15)16(23-18)19(17(24)25,26-13-7-8-13)11-4-2-1-3-5-11/h1-6,9-10,13H,7-8H2,(H,24,25). The van der Waals surface area contributed by atoms with Crippen LogP contribution in [0.1, 0.15) is 24.1 Å². The number of fused-ring (bicyclic) bond motifs is 1. The van der Waals surface area contributed by atoms with Crippen LogP contribution < -0.4 is 0 Å². The highest BCUT2D eigenvalue weighted by Crippen LogP contribution is 2.42. The van der Waals surface area contributed by atoms with Crippen LogP contribution in [0.5, 0.6) is 0 Å². The number of ether oxygens (including phenoxy) is 1. The number of halogens is 2. The summed E-state index contributed by atoms with van der Waals surface area (Å²) in [5.74, 6) is -1.12. The summed E-state index contributed by atoms with van der Waals surface area (Å²) in [6.07, 6.45) is 1.55. The predicted octanol–water partition coefficient (Wildman–Crippen LogP) is 4.40. The molecule has 1 aromatic heterocycles. The van der Waals surface area contributed by atoms with Gasteiger partial charge in [-0.1, -0.05) is 30.3 Å². The second-order valence-electron chi connectivity index (χ2n) is 6.17. The highest BCUT2D eigenvalue weighted by molar-refractivity contribution is 14.1. The van der Waals surface area contributed by atoms with Crippen molar-refractivity contribution in [2.45, 2.75) is 24.5 Å². The van der Waals surface area contributed by atoms with Gasteiger partial charge in [0.2, 0.25) is 10.9 Å². The topological polar surface area (TPSA) is 72.3 Å². The second-order valence-corrected chi connectivity index (χ2v) is 7.76. The first-order valence-corrected chi connectivity index (χ1v) is 9.56. The molecule has 1 fully saturated rings. The van der Waals surface area contributed by atoms with Crippen LogP contribution in [0.25, 0.3) is 10.9 Å². The third-order valence-corrected chi connectivity index (χ3v) is 5.15. The van der Waals surface area contributed by atoms with Crippen molar-refractivity contribution in [2.75, 3.05) is 0 Å². The van der Waals surface area contributed by atoms with Gasteiger partial charge in [-0.15, -0.1) is 0 Å². The van der Waals surface area contributed by atoms with Crippen molar-refractivity contribution in [3.63, 3.8) is 0 Å². The Kier molecular flexibility index (Phi) is 4.58. The van der Waals surface area contributed by atoms with Gasteiger partial charge in [-0.05, 0) is 65.2 Å². The molecule has 1 heterocycles. The fourth-order valence-electron chi connectivity index (χ4n) is 2.99. The van der Waals surface area contributed by atoms with E-state index in [1.54, 1.807) is 24.3 Å². The minimum absolute atomic E-state index is 0.00494. The van der Waals surface area contributed by atoms with Crippen LogP contribution in [0.15, 0.2) is 48.5 Å². The van der Waals surface area contributed by atoms with Crippen molar-refractivity contribution in [2.24, 2.45) is 0 Å². The summed E-state index contributed by atoms with van der Waals surface area (Å²) in [5, 5.41) is 10.9. The summed E-state index contributed by atoms with van der Waals surface area (Å²) in [6, 6.07) is 14.5. The Morgan fingerprint density at radius 3 is 2.58 bits per heavy atom.